The Labute approximate surface area is 169 Å². The minimum absolute atomic E-state index is 0.0575. The molecule has 1 heterocycles. The Morgan fingerprint density at radius 2 is 1.39 bits per heavy atom. The van der Waals surface area contributed by atoms with Crippen molar-refractivity contribution in [1.82, 2.24) is 4.90 Å². The van der Waals surface area contributed by atoms with Gasteiger partial charge in [-0.15, -0.1) is 0 Å². The van der Waals surface area contributed by atoms with Crippen molar-refractivity contribution in [3.05, 3.63) is 102 Å². The molecule has 2 unspecified atom stereocenters. The van der Waals surface area contributed by atoms with Gasteiger partial charge >= 0.3 is 6.03 Å². The Morgan fingerprint density at radius 1 is 0.857 bits per heavy atom. The zero-order chi connectivity index (χ0) is 19.3. The Kier molecular flexibility index (Phi) is 5.55. The molecule has 1 aliphatic heterocycles. The van der Waals surface area contributed by atoms with Crippen molar-refractivity contribution in [3.8, 4) is 0 Å². The lowest BCUT2D eigenvalue weighted by atomic mass is 10.1. The average Bonchev–Trinajstić information content (AvgIpc) is 3.05. The van der Waals surface area contributed by atoms with Gasteiger partial charge < -0.3 is 5.32 Å². The molecular formula is C23H21N3OS. The second-order valence-electron chi connectivity index (χ2n) is 6.61. The zero-order valence-corrected chi connectivity index (χ0v) is 16.3. The molecule has 3 aromatic carbocycles. The molecular weight excluding hydrogens is 366 g/mol. The summed E-state index contributed by atoms with van der Waals surface area (Å²) >= 11 is 1.63. The molecule has 2 atom stereocenters. The molecule has 4 rings (SSSR count). The van der Waals surface area contributed by atoms with Crippen LogP contribution in [0.25, 0.3) is 0 Å². The summed E-state index contributed by atoms with van der Waals surface area (Å²) in [4.78, 5) is 19.3. The number of nitrogens with one attached hydrogen (secondary N) is 1. The maximum atomic E-state index is 12.6. The summed E-state index contributed by atoms with van der Waals surface area (Å²) in [5.74, 6) is 0. The molecule has 2 amide bonds. The Morgan fingerprint density at radius 3 is 2.00 bits per heavy atom. The van der Waals surface area contributed by atoms with Gasteiger partial charge in [0.2, 0.25) is 0 Å². The summed E-state index contributed by atoms with van der Waals surface area (Å²) in [5, 5.41) is 3.76. The summed E-state index contributed by atoms with van der Waals surface area (Å²) < 4.78 is 0. The quantitative estimate of drug-likeness (QED) is 0.624. The number of amides is 2. The maximum absolute atomic E-state index is 12.6. The first-order chi connectivity index (χ1) is 13.7. The van der Waals surface area contributed by atoms with Crippen molar-refractivity contribution in [2.45, 2.75) is 11.4 Å². The molecule has 0 bridgehead atoms. The van der Waals surface area contributed by atoms with Crippen molar-refractivity contribution in [3.63, 3.8) is 0 Å². The monoisotopic (exact) mass is 387 g/mol. The number of carbonyl (C=O) groups is 1. The van der Waals surface area contributed by atoms with Gasteiger partial charge in [0.25, 0.3) is 0 Å². The number of anilines is 1. The van der Waals surface area contributed by atoms with E-state index < -0.39 is 0 Å². The Balaban J connectivity index is 1.65. The number of thioether (sulfide) groups is 1. The number of aliphatic imine (C=N–C) groups is 1. The van der Waals surface area contributed by atoms with Crippen LogP contribution >= 0.6 is 11.8 Å². The van der Waals surface area contributed by atoms with Gasteiger partial charge in [0, 0.05) is 5.69 Å². The fourth-order valence-electron chi connectivity index (χ4n) is 3.37. The highest BCUT2D eigenvalue weighted by molar-refractivity contribution is 8.14. The Hall–Kier alpha value is -2.89. The molecule has 1 fully saturated rings. The first kappa shape index (κ1) is 18.5. The third-order valence-electron chi connectivity index (χ3n) is 4.68. The van der Waals surface area contributed by atoms with Crippen LogP contribution in [0.1, 0.15) is 22.5 Å². The number of hydrogen-bond donors (Lipinski definition) is 1. The summed E-state index contributed by atoms with van der Waals surface area (Å²) in [6, 6.07) is 29.5. The van der Waals surface area contributed by atoms with E-state index in [1.165, 1.54) is 5.56 Å². The first-order valence-electron chi connectivity index (χ1n) is 9.15. The van der Waals surface area contributed by atoms with E-state index in [4.69, 9.17) is 0 Å². The highest BCUT2D eigenvalue weighted by Crippen LogP contribution is 2.48. The van der Waals surface area contributed by atoms with Gasteiger partial charge in [-0.05, 0) is 30.3 Å². The van der Waals surface area contributed by atoms with Crippen molar-refractivity contribution in [1.29, 1.82) is 0 Å². The fourth-order valence-corrected chi connectivity index (χ4v) is 4.74. The van der Waals surface area contributed by atoms with Crippen LogP contribution in [0.4, 0.5) is 10.5 Å². The number of hydrogen-bond acceptors (Lipinski definition) is 3. The minimum Gasteiger partial charge on any atom is -0.306 e. The van der Waals surface area contributed by atoms with E-state index >= 15 is 0 Å². The van der Waals surface area contributed by atoms with Gasteiger partial charge in [0.05, 0.1) is 11.4 Å². The molecule has 0 radical (unpaired) electrons. The van der Waals surface area contributed by atoms with Crippen molar-refractivity contribution in [2.75, 3.05) is 12.4 Å². The van der Waals surface area contributed by atoms with Crippen LogP contribution < -0.4 is 5.32 Å². The van der Waals surface area contributed by atoms with Crippen LogP contribution in [-0.2, 0) is 0 Å². The molecule has 0 aromatic heterocycles. The molecule has 0 aliphatic carbocycles. The lowest BCUT2D eigenvalue weighted by molar-refractivity contribution is 0.259. The fraction of sp³-hybridized carbons (Fsp3) is 0.130. The summed E-state index contributed by atoms with van der Waals surface area (Å²) in [6.07, 6.45) is 0. The van der Waals surface area contributed by atoms with Crippen LogP contribution in [0, 0.1) is 0 Å². The highest BCUT2D eigenvalue weighted by atomic mass is 32.2. The van der Waals surface area contributed by atoms with Gasteiger partial charge in [-0.25, -0.2) is 4.79 Å². The molecule has 140 valence electrons. The maximum Gasteiger partial charge on any atom is 0.346 e. The average molecular weight is 388 g/mol. The molecule has 28 heavy (non-hydrogen) atoms. The van der Waals surface area contributed by atoms with Crippen LogP contribution in [0.5, 0.6) is 0 Å². The SMILES string of the molecule is CN1C(c2ccccc2)SC(=NC(=O)Nc2ccccc2)C1c1ccccc1. The smallest absolute Gasteiger partial charge is 0.306 e. The predicted octanol–water partition coefficient (Wildman–Crippen LogP) is 5.74. The van der Waals surface area contributed by atoms with Gasteiger partial charge in [-0.1, -0.05) is 90.6 Å². The van der Waals surface area contributed by atoms with Crippen LogP contribution in [0.2, 0.25) is 0 Å². The third-order valence-corrected chi connectivity index (χ3v) is 6.06. The number of benzene rings is 3. The van der Waals surface area contributed by atoms with Crippen molar-refractivity contribution >= 4 is 28.5 Å². The van der Waals surface area contributed by atoms with Gasteiger partial charge in [-0.3, -0.25) is 4.90 Å². The number of nitrogens with zero attached hydrogens (tertiary/aromatic N) is 2. The molecule has 0 spiro atoms. The van der Waals surface area contributed by atoms with E-state index in [1.807, 2.05) is 66.7 Å². The normalized spacial score (nSPS) is 21.0. The largest absolute Gasteiger partial charge is 0.346 e. The molecule has 1 N–H and O–H groups in total. The van der Waals surface area contributed by atoms with Crippen LogP contribution in [0.3, 0.4) is 0 Å². The molecule has 5 heteroatoms. The number of urea groups is 1. The second-order valence-corrected chi connectivity index (χ2v) is 7.71. The topological polar surface area (TPSA) is 44.7 Å². The standard InChI is InChI=1S/C23H21N3OS/c1-26-20(17-11-5-2-6-12-17)21(28-22(26)18-13-7-3-8-14-18)25-23(27)24-19-15-9-4-10-16-19/h2-16,20,22H,1H3,(H,24,27). The predicted molar refractivity (Wildman–Crippen MR) is 117 cm³/mol. The zero-order valence-electron chi connectivity index (χ0n) is 15.5. The van der Waals surface area contributed by atoms with E-state index in [-0.39, 0.29) is 17.4 Å². The lowest BCUT2D eigenvalue weighted by Gasteiger charge is -2.24. The van der Waals surface area contributed by atoms with E-state index in [0.29, 0.717) is 0 Å². The number of para-hydroxylation sites is 1. The number of carbonyl (C=O) groups excluding carboxylic acids is 1. The summed E-state index contributed by atoms with van der Waals surface area (Å²) in [7, 11) is 2.08. The lowest BCUT2D eigenvalue weighted by Crippen LogP contribution is -2.24. The van der Waals surface area contributed by atoms with Crippen LogP contribution in [0.15, 0.2) is 96.0 Å². The first-order valence-corrected chi connectivity index (χ1v) is 10.0. The van der Waals surface area contributed by atoms with Crippen LogP contribution in [-0.4, -0.2) is 23.0 Å². The molecule has 1 aliphatic rings. The third kappa shape index (κ3) is 4.01. The van der Waals surface area contributed by atoms with Gasteiger partial charge in [-0.2, -0.15) is 4.99 Å². The minimum atomic E-state index is -0.350. The Bertz CT molecular complexity index is 961. The van der Waals surface area contributed by atoms with E-state index in [2.05, 4.69) is 46.5 Å². The molecule has 3 aromatic rings. The second kappa shape index (κ2) is 8.42. The van der Waals surface area contributed by atoms with Gasteiger partial charge in [0.15, 0.2) is 0 Å². The summed E-state index contributed by atoms with van der Waals surface area (Å²) in [5.41, 5.74) is 3.07. The highest BCUT2D eigenvalue weighted by Gasteiger charge is 2.39. The summed E-state index contributed by atoms with van der Waals surface area (Å²) in [6.45, 7) is 0. The number of rotatable bonds is 3. The molecule has 4 nitrogen and oxygen atoms in total. The van der Waals surface area contributed by atoms with E-state index in [1.54, 1.807) is 11.8 Å². The molecule has 0 saturated carbocycles. The van der Waals surface area contributed by atoms with Crippen molar-refractivity contribution in [2.24, 2.45) is 4.99 Å². The van der Waals surface area contributed by atoms with Crippen molar-refractivity contribution < 1.29 is 4.79 Å². The van der Waals surface area contributed by atoms with E-state index in [9.17, 15) is 4.79 Å². The van der Waals surface area contributed by atoms with Gasteiger partial charge in [0.1, 0.15) is 5.04 Å². The van der Waals surface area contributed by atoms with E-state index in [0.717, 1.165) is 16.3 Å². The molecule has 1 saturated heterocycles.